The first-order valence-electron chi connectivity index (χ1n) is 5.42. The van der Waals surface area contributed by atoms with Gasteiger partial charge in [0.1, 0.15) is 11.6 Å². The first kappa shape index (κ1) is 10.7. The van der Waals surface area contributed by atoms with Crippen molar-refractivity contribution in [3.63, 3.8) is 0 Å². The third-order valence-electron chi connectivity index (χ3n) is 2.63. The van der Waals surface area contributed by atoms with Crippen LogP contribution in [0.1, 0.15) is 17.8 Å². The molecular weight excluding hydrogens is 200 g/mol. The summed E-state index contributed by atoms with van der Waals surface area (Å²) in [7, 11) is 2.02. The van der Waals surface area contributed by atoms with Gasteiger partial charge in [-0.05, 0) is 30.5 Å². The molecule has 0 aromatic carbocycles. The maximum atomic E-state index is 5.62. The minimum Gasteiger partial charge on any atom is -0.384 e. The summed E-state index contributed by atoms with van der Waals surface area (Å²) < 4.78 is 2.06. The van der Waals surface area contributed by atoms with E-state index in [2.05, 4.69) is 14.5 Å². The lowest BCUT2D eigenvalue weighted by atomic mass is 10.1. The normalized spacial score (nSPS) is 10.6. The van der Waals surface area contributed by atoms with Gasteiger partial charge in [-0.25, -0.2) is 9.97 Å². The van der Waals surface area contributed by atoms with Crippen LogP contribution in [-0.4, -0.2) is 14.5 Å². The molecule has 0 fully saturated rings. The highest BCUT2D eigenvalue weighted by molar-refractivity contribution is 5.31. The zero-order valence-corrected chi connectivity index (χ0v) is 9.43. The molecule has 0 aliphatic carbocycles. The second-order valence-electron chi connectivity index (χ2n) is 3.90. The van der Waals surface area contributed by atoms with Crippen molar-refractivity contribution in [1.82, 2.24) is 14.5 Å². The van der Waals surface area contributed by atoms with Gasteiger partial charge < -0.3 is 10.3 Å². The third-order valence-corrected chi connectivity index (χ3v) is 2.63. The summed E-state index contributed by atoms with van der Waals surface area (Å²) in [6.45, 7) is 0. The van der Waals surface area contributed by atoms with Crippen molar-refractivity contribution in [2.75, 3.05) is 5.73 Å². The third kappa shape index (κ3) is 2.59. The number of pyridine rings is 1. The summed E-state index contributed by atoms with van der Waals surface area (Å²) >= 11 is 0. The number of nitrogens with zero attached hydrogens (tertiary/aromatic N) is 3. The van der Waals surface area contributed by atoms with Gasteiger partial charge in [-0.15, -0.1) is 0 Å². The molecule has 2 heterocycles. The largest absolute Gasteiger partial charge is 0.384 e. The Balaban J connectivity index is 1.87. The number of nitrogen functional groups attached to an aromatic ring is 1. The molecule has 0 saturated heterocycles. The molecule has 2 aromatic heterocycles. The summed E-state index contributed by atoms with van der Waals surface area (Å²) in [5.74, 6) is 1.72. The van der Waals surface area contributed by atoms with E-state index in [0.717, 1.165) is 25.1 Å². The van der Waals surface area contributed by atoms with Gasteiger partial charge in [-0.3, -0.25) is 0 Å². The molecule has 2 aromatic rings. The van der Waals surface area contributed by atoms with Crippen molar-refractivity contribution < 1.29 is 0 Å². The summed E-state index contributed by atoms with van der Waals surface area (Å²) in [6, 6.07) is 3.94. The highest BCUT2D eigenvalue weighted by Crippen LogP contribution is 2.08. The fourth-order valence-corrected chi connectivity index (χ4v) is 1.74. The molecule has 0 bridgehead atoms. The zero-order chi connectivity index (χ0) is 11.4. The van der Waals surface area contributed by atoms with Crippen LogP contribution in [0.5, 0.6) is 0 Å². The van der Waals surface area contributed by atoms with Crippen LogP contribution >= 0.6 is 0 Å². The summed E-state index contributed by atoms with van der Waals surface area (Å²) in [6.07, 6.45) is 8.64. The number of anilines is 1. The minimum absolute atomic E-state index is 0.592. The highest BCUT2D eigenvalue weighted by atomic mass is 15.0. The Hall–Kier alpha value is -1.84. The number of hydrogen-bond acceptors (Lipinski definition) is 3. The van der Waals surface area contributed by atoms with Gasteiger partial charge in [0, 0.05) is 32.1 Å². The average molecular weight is 216 g/mol. The number of rotatable bonds is 4. The molecule has 0 saturated carbocycles. The van der Waals surface area contributed by atoms with Crippen LogP contribution in [0.15, 0.2) is 30.7 Å². The molecule has 0 aliphatic heterocycles. The van der Waals surface area contributed by atoms with E-state index in [0.29, 0.717) is 5.82 Å². The van der Waals surface area contributed by atoms with Crippen molar-refractivity contribution in [2.45, 2.75) is 19.3 Å². The van der Waals surface area contributed by atoms with Crippen molar-refractivity contribution in [3.05, 3.63) is 42.1 Å². The topological polar surface area (TPSA) is 56.7 Å². The lowest BCUT2D eigenvalue weighted by Gasteiger charge is -2.03. The van der Waals surface area contributed by atoms with E-state index >= 15 is 0 Å². The van der Waals surface area contributed by atoms with E-state index in [4.69, 9.17) is 5.73 Å². The molecule has 16 heavy (non-hydrogen) atoms. The lowest BCUT2D eigenvalue weighted by molar-refractivity contribution is 0.723. The monoisotopic (exact) mass is 216 g/mol. The van der Waals surface area contributed by atoms with Gasteiger partial charge in [-0.2, -0.15) is 0 Å². The van der Waals surface area contributed by atoms with Crippen molar-refractivity contribution in [2.24, 2.45) is 7.05 Å². The number of nitrogens with two attached hydrogens (primary N) is 1. The Labute approximate surface area is 95.1 Å². The standard InChI is InChI=1S/C12H16N4/c1-16-8-7-15-12(16)4-2-3-10-5-6-14-11(13)9-10/h5-9H,2-4H2,1H3,(H2,13,14). The molecule has 0 unspecified atom stereocenters. The summed E-state index contributed by atoms with van der Waals surface area (Å²) in [5.41, 5.74) is 6.86. The molecule has 2 rings (SSSR count). The van der Waals surface area contributed by atoms with Crippen LogP contribution in [0, 0.1) is 0 Å². The van der Waals surface area contributed by atoms with Crippen LogP contribution in [-0.2, 0) is 19.9 Å². The summed E-state index contributed by atoms with van der Waals surface area (Å²) in [5, 5.41) is 0. The fourth-order valence-electron chi connectivity index (χ4n) is 1.74. The molecule has 0 aliphatic rings. The number of aromatic nitrogens is 3. The van der Waals surface area contributed by atoms with Crippen LogP contribution in [0.2, 0.25) is 0 Å². The molecule has 0 radical (unpaired) electrons. The van der Waals surface area contributed by atoms with Crippen molar-refractivity contribution in [3.8, 4) is 0 Å². The second kappa shape index (κ2) is 4.79. The molecule has 4 nitrogen and oxygen atoms in total. The van der Waals surface area contributed by atoms with E-state index in [1.54, 1.807) is 6.20 Å². The minimum atomic E-state index is 0.592. The molecule has 2 N–H and O–H groups in total. The molecular formula is C12H16N4. The predicted molar refractivity (Wildman–Crippen MR) is 63.9 cm³/mol. The second-order valence-corrected chi connectivity index (χ2v) is 3.90. The predicted octanol–water partition coefficient (Wildman–Crippen LogP) is 1.57. The Morgan fingerprint density at radius 3 is 2.81 bits per heavy atom. The smallest absolute Gasteiger partial charge is 0.123 e. The van der Waals surface area contributed by atoms with Gasteiger partial charge in [0.25, 0.3) is 0 Å². The van der Waals surface area contributed by atoms with Gasteiger partial charge >= 0.3 is 0 Å². The number of hydrogen-bond donors (Lipinski definition) is 1. The maximum absolute atomic E-state index is 5.62. The van der Waals surface area contributed by atoms with Crippen molar-refractivity contribution >= 4 is 5.82 Å². The molecule has 0 atom stereocenters. The quantitative estimate of drug-likeness (QED) is 0.844. The molecule has 0 spiro atoms. The van der Waals surface area contributed by atoms with E-state index < -0.39 is 0 Å². The Morgan fingerprint density at radius 1 is 1.25 bits per heavy atom. The van der Waals surface area contributed by atoms with Crippen LogP contribution in [0.3, 0.4) is 0 Å². The van der Waals surface area contributed by atoms with Crippen LogP contribution < -0.4 is 5.73 Å². The van der Waals surface area contributed by atoms with E-state index in [1.165, 1.54) is 5.56 Å². The van der Waals surface area contributed by atoms with E-state index in [1.807, 2.05) is 31.6 Å². The number of imidazole rings is 1. The first-order valence-corrected chi connectivity index (χ1v) is 5.42. The Morgan fingerprint density at radius 2 is 2.12 bits per heavy atom. The van der Waals surface area contributed by atoms with E-state index in [9.17, 15) is 0 Å². The average Bonchev–Trinajstić information content (AvgIpc) is 2.65. The van der Waals surface area contributed by atoms with E-state index in [-0.39, 0.29) is 0 Å². The van der Waals surface area contributed by atoms with Gasteiger partial charge in [0.2, 0.25) is 0 Å². The SMILES string of the molecule is Cn1ccnc1CCCc1ccnc(N)c1. The van der Waals surface area contributed by atoms with Crippen molar-refractivity contribution in [1.29, 1.82) is 0 Å². The number of aryl methyl sites for hydroxylation is 3. The van der Waals surface area contributed by atoms with Gasteiger partial charge in [0.15, 0.2) is 0 Å². The van der Waals surface area contributed by atoms with Crippen LogP contribution in [0.4, 0.5) is 5.82 Å². The molecule has 4 heteroatoms. The van der Waals surface area contributed by atoms with Gasteiger partial charge in [-0.1, -0.05) is 0 Å². The molecule has 0 amide bonds. The fraction of sp³-hybridized carbons (Fsp3) is 0.333. The summed E-state index contributed by atoms with van der Waals surface area (Å²) in [4.78, 5) is 8.26. The Bertz CT molecular complexity index is 462. The molecule has 84 valence electrons. The van der Waals surface area contributed by atoms with Gasteiger partial charge in [0.05, 0.1) is 0 Å². The zero-order valence-electron chi connectivity index (χ0n) is 9.43. The van der Waals surface area contributed by atoms with Crippen LogP contribution in [0.25, 0.3) is 0 Å². The first-order chi connectivity index (χ1) is 7.75. The maximum Gasteiger partial charge on any atom is 0.123 e. The Kier molecular flexibility index (Phi) is 3.19. The highest BCUT2D eigenvalue weighted by Gasteiger charge is 2.00. The lowest BCUT2D eigenvalue weighted by Crippen LogP contribution is -1.99.